The third-order valence-electron chi connectivity index (χ3n) is 3.60. The third-order valence-corrected chi connectivity index (χ3v) is 3.60. The number of benzene rings is 1. The van der Waals surface area contributed by atoms with Crippen LogP contribution in [0.5, 0.6) is 0 Å². The molecule has 22 heavy (non-hydrogen) atoms. The third kappa shape index (κ3) is 3.16. The van der Waals surface area contributed by atoms with Crippen molar-refractivity contribution < 1.29 is 9.59 Å². The lowest BCUT2D eigenvalue weighted by molar-refractivity contribution is -0.114. The van der Waals surface area contributed by atoms with Crippen molar-refractivity contribution in [2.45, 2.75) is 32.7 Å². The highest BCUT2D eigenvalue weighted by atomic mass is 16.2. The lowest BCUT2D eigenvalue weighted by Crippen LogP contribution is -2.12. The fraction of sp³-hybridized carbons (Fsp3) is 0.312. The Bertz CT molecular complexity index is 680. The molecule has 1 aliphatic heterocycles. The van der Waals surface area contributed by atoms with E-state index in [0.717, 1.165) is 31.6 Å². The molecule has 2 aromatic rings. The molecule has 0 radical (unpaired) electrons. The average molecular weight is 298 g/mol. The molecule has 0 saturated heterocycles. The Balaban J connectivity index is 1.68. The van der Waals surface area contributed by atoms with E-state index in [9.17, 15) is 9.59 Å². The highest BCUT2D eigenvalue weighted by Gasteiger charge is 2.16. The van der Waals surface area contributed by atoms with Gasteiger partial charge in [-0.2, -0.15) is 0 Å². The number of fused-ring (bicyclic) bond motifs is 1. The van der Waals surface area contributed by atoms with E-state index in [1.54, 1.807) is 24.3 Å². The van der Waals surface area contributed by atoms with Crippen molar-refractivity contribution in [2.75, 3.05) is 10.6 Å². The summed E-state index contributed by atoms with van der Waals surface area (Å²) >= 11 is 0. The number of rotatable bonds is 3. The minimum Gasteiger partial charge on any atom is -0.334 e. The molecule has 6 nitrogen and oxygen atoms in total. The van der Waals surface area contributed by atoms with Crippen LogP contribution in [0.1, 0.15) is 36.1 Å². The van der Waals surface area contributed by atoms with Gasteiger partial charge < -0.3 is 15.2 Å². The Morgan fingerprint density at radius 3 is 2.41 bits per heavy atom. The molecule has 0 saturated carbocycles. The number of carbonyl (C=O) groups is 2. The van der Waals surface area contributed by atoms with Crippen LogP contribution in [-0.4, -0.2) is 21.4 Å². The standard InChI is InChI=1S/C16H18N4O2/c1-11(21)17-12-5-7-13(8-6-12)18-16(22)14-10-20-9-3-2-4-15(20)19-14/h5-8,10H,2-4,9H2,1H3,(H,17,21)(H,18,22). The number of aromatic nitrogens is 2. The second-order valence-electron chi connectivity index (χ2n) is 5.41. The average Bonchev–Trinajstić information content (AvgIpc) is 2.93. The predicted molar refractivity (Wildman–Crippen MR) is 83.9 cm³/mol. The van der Waals surface area contributed by atoms with Crippen molar-refractivity contribution in [3.63, 3.8) is 0 Å². The molecule has 1 aromatic heterocycles. The number of carbonyl (C=O) groups excluding carboxylic acids is 2. The number of aryl methyl sites for hydroxylation is 2. The van der Waals surface area contributed by atoms with E-state index in [1.807, 2.05) is 6.20 Å². The number of hydrogen-bond acceptors (Lipinski definition) is 3. The molecule has 0 spiro atoms. The molecule has 6 heteroatoms. The first-order valence-electron chi connectivity index (χ1n) is 7.37. The van der Waals surface area contributed by atoms with Crippen LogP contribution in [0.4, 0.5) is 11.4 Å². The maximum absolute atomic E-state index is 12.2. The summed E-state index contributed by atoms with van der Waals surface area (Å²) in [6.45, 7) is 2.39. The highest BCUT2D eigenvalue weighted by molar-refractivity contribution is 6.03. The number of nitrogens with one attached hydrogen (secondary N) is 2. The van der Waals surface area contributed by atoms with Crippen LogP contribution >= 0.6 is 0 Å². The second kappa shape index (κ2) is 6.01. The van der Waals surface area contributed by atoms with Crippen molar-refractivity contribution >= 4 is 23.2 Å². The normalized spacial score (nSPS) is 13.3. The number of hydrogen-bond donors (Lipinski definition) is 2. The molecule has 0 aliphatic carbocycles. The summed E-state index contributed by atoms with van der Waals surface area (Å²) < 4.78 is 2.05. The summed E-state index contributed by atoms with van der Waals surface area (Å²) in [5, 5.41) is 5.50. The zero-order valence-corrected chi connectivity index (χ0v) is 12.4. The van der Waals surface area contributed by atoms with Crippen LogP contribution in [0.3, 0.4) is 0 Å². The van der Waals surface area contributed by atoms with Gasteiger partial charge in [-0.3, -0.25) is 9.59 Å². The molecular weight excluding hydrogens is 280 g/mol. The monoisotopic (exact) mass is 298 g/mol. The Hall–Kier alpha value is -2.63. The summed E-state index contributed by atoms with van der Waals surface area (Å²) in [6, 6.07) is 6.99. The fourth-order valence-corrected chi connectivity index (χ4v) is 2.56. The van der Waals surface area contributed by atoms with Crippen molar-refractivity contribution in [1.29, 1.82) is 0 Å². The van der Waals surface area contributed by atoms with Gasteiger partial charge in [0.05, 0.1) is 0 Å². The summed E-state index contributed by atoms with van der Waals surface area (Å²) in [7, 11) is 0. The first kappa shape index (κ1) is 14.3. The molecule has 3 rings (SSSR count). The van der Waals surface area contributed by atoms with Crippen LogP contribution in [0.2, 0.25) is 0 Å². The maximum atomic E-state index is 12.2. The van der Waals surface area contributed by atoms with Gasteiger partial charge >= 0.3 is 0 Å². The molecule has 0 bridgehead atoms. The minimum atomic E-state index is -0.214. The number of anilines is 2. The van der Waals surface area contributed by atoms with Crippen LogP contribution in [0, 0.1) is 0 Å². The molecule has 114 valence electrons. The first-order valence-corrected chi connectivity index (χ1v) is 7.37. The smallest absolute Gasteiger partial charge is 0.275 e. The highest BCUT2D eigenvalue weighted by Crippen LogP contribution is 2.17. The maximum Gasteiger partial charge on any atom is 0.275 e. The molecular formula is C16H18N4O2. The number of imidazole rings is 1. The van der Waals surface area contributed by atoms with Gasteiger partial charge in [-0.1, -0.05) is 0 Å². The molecule has 0 unspecified atom stereocenters. The molecule has 1 aliphatic rings. The Labute approximate surface area is 128 Å². The quantitative estimate of drug-likeness (QED) is 0.913. The van der Waals surface area contributed by atoms with Gasteiger partial charge in [-0.15, -0.1) is 0 Å². The lowest BCUT2D eigenvalue weighted by Gasteiger charge is -2.11. The fourth-order valence-electron chi connectivity index (χ4n) is 2.56. The van der Waals surface area contributed by atoms with Gasteiger partial charge in [-0.05, 0) is 37.1 Å². The van der Waals surface area contributed by atoms with Gasteiger partial charge in [0.2, 0.25) is 5.91 Å². The Kier molecular flexibility index (Phi) is 3.91. The zero-order chi connectivity index (χ0) is 15.5. The van der Waals surface area contributed by atoms with E-state index < -0.39 is 0 Å². The number of amides is 2. The van der Waals surface area contributed by atoms with E-state index >= 15 is 0 Å². The van der Waals surface area contributed by atoms with Crippen LogP contribution in [0.15, 0.2) is 30.5 Å². The lowest BCUT2D eigenvalue weighted by atomic mass is 10.2. The topological polar surface area (TPSA) is 76.0 Å². The SMILES string of the molecule is CC(=O)Nc1ccc(NC(=O)c2cn3c(n2)CCCC3)cc1. The molecule has 1 aromatic carbocycles. The summed E-state index contributed by atoms with van der Waals surface area (Å²) in [5.41, 5.74) is 1.82. The molecule has 2 heterocycles. The van der Waals surface area contributed by atoms with Crippen molar-refractivity contribution in [3.05, 3.63) is 42.0 Å². The van der Waals surface area contributed by atoms with Crippen LogP contribution in [0.25, 0.3) is 0 Å². The minimum absolute atomic E-state index is 0.125. The van der Waals surface area contributed by atoms with Crippen LogP contribution in [-0.2, 0) is 17.8 Å². The van der Waals surface area contributed by atoms with Gasteiger partial charge in [0.15, 0.2) is 0 Å². The predicted octanol–water partition coefficient (Wildman–Crippen LogP) is 2.43. The van der Waals surface area contributed by atoms with Gasteiger partial charge in [0, 0.05) is 37.5 Å². The molecule has 0 fully saturated rings. The molecule has 0 atom stereocenters. The summed E-state index contributed by atoms with van der Waals surface area (Å²) in [5.74, 6) is 0.645. The van der Waals surface area contributed by atoms with Crippen molar-refractivity contribution in [2.24, 2.45) is 0 Å². The Morgan fingerprint density at radius 2 is 1.77 bits per heavy atom. The van der Waals surface area contributed by atoms with E-state index in [0.29, 0.717) is 17.1 Å². The second-order valence-corrected chi connectivity index (χ2v) is 5.41. The van der Waals surface area contributed by atoms with E-state index in [-0.39, 0.29) is 11.8 Å². The van der Waals surface area contributed by atoms with E-state index in [1.165, 1.54) is 6.92 Å². The van der Waals surface area contributed by atoms with E-state index in [4.69, 9.17) is 0 Å². The Morgan fingerprint density at radius 1 is 1.09 bits per heavy atom. The first-order chi connectivity index (χ1) is 10.6. The van der Waals surface area contributed by atoms with E-state index in [2.05, 4.69) is 20.2 Å². The van der Waals surface area contributed by atoms with Gasteiger partial charge in [-0.25, -0.2) is 4.98 Å². The summed E-state index contributed by atoms with van der Waals surface area (Å²) in [6.07, 6.45) is 5.01. The van der Waals surface area contributed by atoms with Gasteiger partial charge in [0.1, 0.15) is 11.5 Å². The number of nitrogens with zero attached hydrogens (tertiary/aromatic N) is 2. The van der Waals surface area contributed by atoms with Gasteiger partial charge in [0.25, 0.3) is 5.91 Å². The van der Waals surface area contributed by atoms with Crippen LogP contribution < -0.4 is 10.6 Å². The largest absolute Gasteiger partial charge is 0.334 e. The molecule has 2 amide bonds. The molecule has 2 N–H and O–H groups in total. The van der Waals surface area contributed by atoms with Crippen molar-refractivity contribution in [1.82, 2.24) is 9.55 Å². The zero-order valence-electron chi connectivity index (χ0n) is 12.4. The van der Waals surface area contributed by atoms with Crippen molar-refractivity contribution in [3.8, 4) is 0 Å². The summed E-state index contributed by atoms with van der Waals surface area (Å²) in [4.78, 5) is 27.6.